The minimum atomic E-state index is -3.82. The number of carbonyl (C=O) groups excluding carboxylic acids is 1. The molecule has 11 heteroatoms. The fraction of sp³-hybridized carbons (Fsp3) is 0.417. The van der Waals surface area contributed by atoms with Crippen molar-refractivity contribution in [2.45, 2.75) is 51.3 Å². The summed E-state index contributed by atoms with van der Waals surface area (Å²) in [6, 6.07) is 11.3. The molecule has 10 nitrogen and oxygen atoms in total. The van der Waals surface area contributed by atoms with E-state index >= 15 is 0 Å². The summed E-state index contributed by atoms with van der Waals surface area (Å²) in [7, 11) is -3.82. The van der Waals surface area contributed by atoms with Gasteiger partial charge in [-0.15, -0.1) is 0 Å². The molecule has 0 radical (unpaired) electrons. The van der Waals surface area contributed by atoms with Gasteiger partial charge in [0.05, 0.1) is 17.6 Å². The molecule has 4 N–H and O–H groups in total. The predicted molar refractivity (Wildman–Crippen MR) is 135 cm³/mol. The minimum absolute atomic E-state index is 0.116. The maximum atomic E-state index is 13.1. The van der Waals surface area contributed by atoms with Crippen molar-refractivity contribution in [1.82, 2.24) is 14.8 Å². The summed E-state index contributed by atoms with van der Waals surface area (Å²) in [6.45, 7) is 8.18. The van der Waals surface area contributed by atoms with Crippen LogP contribution in [0.25, 0.3) is 0 Å². The number of rotatable bonds is 10. The standard InChI is InChI=1S/C24H33N5O5S/c1-4-34-24-21(11-8-14-28(24)18(3)25)26-22(30)15-29-17(2)12-13-20(23(29)31)27-35(32,33)16-19-9-6-5-7-10-19/h5-7,9-10,12-13,21,24,27H,3-4,8,11,14-16,25H2,1-2H3,(H,26,30). The van der Waals surface area contributed by atoms with Gasteiger partial charge in [0.15, 0.2) is 6.23 Å². The monoisotopic (exact) mass is 503 g/mol. The Morgan fingerprint density at radius 3 is 2.60 bits per heavy atom. The van der Waals surface area contributed by atoms with Gasteiger partial charge in [0.25, 0.3) is 5.56 Å². The van der Waals surface area contributed by atoms with E-state index in [-0.39, 0.29) is 24.0 Å². The molecule has 0 bridgehead atoms. The van der Waals surface area contributed by atoms with Crippen molar-refractivity contribution in [3.05, 3.63) is 76.5 Å². The van der Waals surface area contributed by atoms with E-state index in [0.717, 1.165) is 6.42 Å². The van der Waals surface area contributed by atoms with Gasteiger partial charge in [-0.05, 0) is 44.4 Å². The van der Waals surface area contributed by atoms with E-state index < -0.39 is 27.7 Å². The first kappa shape index (κ1) is 26.3. The molecule has 0 saturated carbocycles. The van der Waals surface area contributed by atoms with Gasteiger partial charge in [-0.3, -0.25) is 14.3 Å². The fourth-order valence-electron chi connectivity index (χ4n) is 4.13. The molecule has 2 unspecified atom stereocenters. The molecule has 1 amide bonds. The average Bonchev–Trinajstić information content (AvgIpc) is 2.80. The summed E-state index contributed by atoms with van der Waals surface area (Å²) >= 11 is 0. The second kappa shape index (κ2) is 11.4. The number of nitrogens with zero attached hydrogens (tertiary/aromatic N) is 2. The molecular formula is C24H33N5O5S. The van der Waals surface area contributed by atoms with Gasteiger partial charge < -0.3 is 25.3 Å². The SMILES string of the molecule is C=C(N)N1CCCC(NC(=O)Cn2c(C)ccc(NS(=O)(=O)Cc3ccccc3)c2=O)C1OCC. The Morgan fingerprint density at radius 1 is 1.23 bits per heavy atom. The third kappa shape index (κ3) is 6.86. The summed E-state index contributed by atoms with van der Waals surface area (Å²) in [5.41, 5.74) is 6.30. The van der Waals surface area contributed by atoms with Crippen LogP contribution in [0.2, 0.25) is 0 Å². The number of pyridine rings is 1. The molecule has 1 aromatic heterocycles. The van der Waals surface area contributed by atoms with Crippen LogP contribution in [-0.2, 0) is 31.9 Å². The van der Waals surface area contributed by atoms with Crippen LogP contribution in [0.15, 0.2) is 59.7 Å². The van der Waals surface area contributed by atoms with Crippen LogP contribution in [0.1, 0.15) is 31.0 Å². The van der Waals surface area contributed by atoms with E-state index in [1.54, 1.807) is 43.3 Å². The molecule has 2 heterocycles. The van der Waals surface area contributed by atoms with Crippen molar-refractivity contribution >= 4 is 21.6 Å². The van der Waals surface area contributed by atoms with Gasteiger partial charge >= 0.3 is 0 Å². The maximum absolute atomic E-state index is 13.1. The molecule has 0 aliphatic carbocycles. The molecule has 35 heavy (non-hydrogen) atoms. The molecule has 0 spiro atoms. The van der Waals surface area contributed by atoms with Gasteiger partial charge in [0, 0.05) is 18.8 Å². The summed E-state index contributed by atoms with van der Waals surface area (Å²) in [5.74, 6) is -0.297. The number of carbonyl (C=O) groups is 1. The molecule has 1 saturated heterocycles. The molecule has 2 aromatic rings. The first-order valence-electron chi connectivity index (χ1n) is 11.5. The van der Waals surface area contributed by atoms with Crippen LogP contribution in [-0.4, -0.2) is 49.2 Å². The molecule has 1 aliphatic rings. The Hall–Kier alpha value is -3.31. The Labute approximate surface area is 205 Å². The number of piperidine rings is 1. The Bertz CT molecular complexity index is 1210. The lowest BCUT2D eigenvalue weighted by Crippen LogP contribution is -2.57. The van der Waals surface area contributed by atoms with Crippen molar-refractivity contribution in [1.29, 1.82) is 0 Å². The molecule has 190 valence electrons. The zero-order valence-corrected chi connectivity index (χ0v) is 20.9. The third-order valence-electron chi connectivity index (χ3n) is 5.78. The lowest BCUT2D eigenvalue weighted by atomic mass is 10.0. The predicted octanol–water partition coefficient (Wildman–Crippen LogP) is 1.47. The van der Waals surface area contributed by atoms with Gasteiger partial charge in [-0.2, -0.15) is 0 Å². The van der Waals surface area contributed by atoms with Crippen molar-refractivity contribution in [2.24, 2.45) is 5.73 Å². The maximum Gasteiger partial charge on any atom is 0.275 e. The molecular weight excluding hydrogens is 470 g/mol. The van der Waals surface area contributed by atoms with E-state index in [1.807, 2.05) is 11.8 Å². The second-order valence-corrected chi connectivity index (χ2v) is 10.2. The van der Waals surface area contributed by atoms with Crippen LogP contribution >= 0.6 is 0 Å². The zero-order chi connectivity index (χ0) is 25.6. The number of likely N-dealkylation sites (tertiary alicyclic amines) is 1. The molecule has 1 aliphatic heterocycles. The number of hydrogen-bond donors (Lipinski definition) is 3. The van der Waals surface area contributed by atoms with Crippen LogP contribution < -0.4 is 21.3 Å². The van der Waals surface area contributed by atoms with E-state index in [9.17, 15) is 18.0 Å². The number of sulfonamides is 1. The van der Waals surface area contributed by atoms with Gasteiger partial charge in [-0.25, -0.2) is 8.42 Å². The number of amides is 1. The van der Waals surface area contributed by atoms with Gasteiger partial charge in [-0.1, -0.05) is 36.9 Å². The summed E-state index contributed by atoms with van der Waals surface area (Å²) in [6.07, 6.45) is 1.03. The number of nitrogens with one attached hydrogen (secondary N) is 2. The normalized spacial score (nSPS) is 18.2. The van der Waals surface area contributed by atoms with Crippen molar-refractivity contribution in [3.8, 4) is 0 Å². The first-order valence-corrected chi connectivity index (χ1v) is 13.1. The highest BCUT2D eigenvalue weighted by molar-refractivity contribution is 7.91. The number of aryl methyl sites for hydroxylation is 1. The molecule has 1 aromatic carbocycles. The van der Waals surface area contributed by atoms with E-state index in [0.29, 0.717) is 36.7 Å². The van der Waals surface area contributed by atoms with Crippen LogP contribution in [0.5, 0.6) is 0 Å². The largest absolute Gasteiger partial charge is 0.386 e. The first-order chi connectivity index (χ1) is 16.6. The molecule has 3 rings (SSSR count). The number of benzene rings is 1. The van der Waals surface area contributed by atoms with Crippen molar-refractivity contribution < 1.29 is 17.9 Å². The van der Waals surface area contributed by atoms with E-state index in [1.165, 1.54) is 10.6 Å². The summed E-state index contributed by atoms with van der Waals surface area (Å²) in [5, 5.41) is 2.94. The van der Waals surface area contributed by atoms with Crippen LogP contribution in [0, 0.1) is 6.92 Å². The number of hydrogen-bond acceptors (Lipinski definition) is 7. The van der Waals surface area contributed by atoms with Crippen molar-refractivity contribution in [2.75, 3.05) is 17.9 Å². The highest BCUT2D eigenvalue weighted by Gasteiger charge is 2.33. The Kier molecular flexibility index (Phi) is 8.57. The lowest BCUT2D eigenvalue weighted by molar-refractivity contribution is -0.128. The third-order valence-corrected chi connectivity index (χ3v) is 7.02. The second-order valence-electron chi connectivity index (χ2n) is 8.47. The zero-order valence-electron chi connectivity index (χ0n) is 20.1. The minimum Gasteiger partial charge on any atom is -0.386 e. The van der Waals surface area contributed by atoms with Crippen LogP contribution in [0.4, 0.5) is 5.69 Å². The summed E-state index contributed by atoms with van der Waals surface area (Å²) in [4.78, 5) is 27.8. The number of ether oxygens (including phenoxy) is 1. The molecule has 1 fully saturated rings. The lowest BCUT2D eigenvalue weighted by Gasteiger charge is -2.42. The highest BCUT2D eigenvalue weighted by Crippen LogP contribution is 2.21. The van der Waals surface area contributed by atoms with Crippen molar-refractivity contribution in [3.63, 3.8) is 0 Å². The van der Waals surface area contributed by atoms with E-state index in [2.05, 4.69) is 16.6 Å². The quantitative estimate of drug-likeness (QED) is 0.447. The molecule has 2 atom stereocenters. The number of nitrogens with two attached hydrogens (primary N) is 1. The topological polar surface area (TPSA) is 136 Å². The van der Waals surface area contributed by atoms with Gasteiger partial charge in [0.2, 0.25) is 15.9 Å². The van der Waals surface area contributed by atoms with Gasteiger partial charge in [0.1, 0.15) is 12.2 Å². The Balaban J connectivity index is 1.74. The smallest absolute Gasteiger partial charge is 0.275 e. The Morgan fingerprint density at radius 2 is 1.94 bits per heavy atom. The van der Waals surface area contributed by atoms with Crippen LogP contribution in [0.3, 0.4) is 0 Å². The highest BCUT2D eigenvalue weighted by atomic mass is 32.2. The average molecular weight is 504 g/mol. The fourth-order valence-corrected chi connectivity index (χ4v) is 5.33. The van der Waals surface area contributed by atoms with E-state index in [4.69, 9.17) is 10.5 Å². The number of anilines is 1. The summed E-state index contributed by atoms with van der Waals surface area (Å²) < 4.78 is 34.6. The number of aromatic nitrogens is 1.